The number of urea groups is 1. The summed E-state index contributed by atoms with van der Waals surface area (Å²) in [6.07, 6.45) is 1.60. The smallest absolute Gasteiger partial charge is 0.387 e. The molecule has 0 saturated carbocycles. The highest BCUT2D eigenvalue weighted by molar-refractivity contribution is 6.07. The molecule has 1 saturated heterocycles. The standard InChI is InChI=1S/C15H18F2N2O3/c1-3-4-9-19-12(20)15(2,18-14(19)21)10-5-7-11(8-6-10)22-13(16)17/h5-8,13H,3-4,9H2,1-2H3,(H,18,21). The summed E-state index contributed by atoms with van der Waals surface area (Å²) in [5.74, 6) is -0.338. The van der Waals surface area contributed by atoms with E-state index in [-0.39, 0.29) is 11.7 Å². The summed E-state index contributed by atoms with van der Waals surface area (Å²) >= 11 is 0. The van der Waals surface area contributed by atoms with Crippen LogP contribution in [0.4, 0.5) is 13.6 Å². The molecular weight excluding hydrogens is 294 g/mol. The molecule has 3 amide bonds. The molecule has 2 rings (SSSR count). The molecule has 0 bridgehead atoms. The fourth-order valence-corrected chi connectivity index (χ4v) is 2.38. The minimum absolute atomic E-state index is 0.00182. The highest BCUT2D eigenvalue weighted by Crippen LogP contribution is 2.30. The molecule has 1 unspecified atom stereocenters. The van der Waals surface area contributed by atoms with Gasteiger partial charge in [-0.15, -0.1) is 0 Å². The summed E-state index contributed by atoms with van der Waals surface area (Å²) in [6.45, 7) is 1.03. The van der Waals surface area contributed by atoms with Crippen LogP contribution in [0, 0.1) is 0 Å². The Balaban J connectivity index is 2.20. The van der Waals surface area contributed by atoms with Gasteiger partial charge in [0.25, 0.3) is 5.91 Å². The molecule has 22 heavy (non-hydrogen) atoms. The first-order valence-corrected chi connectivity index (χ1v) is 7.08. The van der Waals surface area contributed by atoms with Crippen LogP contribution in [0.15, 0.2) is 24.3 Å². The van der Waals surface area contributed by atoms with Gasteiger partial charge in [0.15, 0.2) is 0 Å². The largest absolute Gasteiger partial charge is 0.435 e. The van der Waals surface area contributed by atoms with Crippen LogP contribution in [0.5, 0.6) is 5.75 Å². The van der Waals surface area contributed by atoms with Crippen LogP contribution >= 0.6 is 0 Å². The van der Waals surface area contributed by atoms with Gasteiger partial charge in [0.1, 0.15) is 11.3 Å². The van der Waals surface area contributed by atoms with Crippen LogP contribution in [0.1, 0.15) is 32.3 Å². The minimum Gasteiger partial charge on any atom is -0.435 e. The van der Waals surface area contributed by atoms with Gasteiger partial charge >= 0.3 is 12.6 Å². The van der Waals surface area contributed by atoms with Crippen molar-refractivity contribution in [1.82, 2.24) is 10.2 Å². The quantitative estimate of drug-likeness (QED) is 0.822. The maximum atomic E-state index is 12.5. The summed E-state index contributed by atoms with van der Waals surface area (Å²) in [4.78, 5) is 25.6. The van der Waals surface area contributed by atoms with Crippen molar-refractivity contribution in [2.75, 3.05) is 6.54 Å². The minimum atomic E-state index is -2.90. The van der Waals surface area contributed by atoms with E-state index in [0.29, 0.717) is 12.1 Å². The van der Waals surface area contributed by atoms with Crippen molar-refractivity contribution in [3.8, 4) is 5.75 Å². The van der Waals surface area contributed by atoms with Crippen molar-refractivity contribution >= 4 is 11.9 Å². The SMILES string of the molecule is CCCCN1C(=O)NC(C)(c2ccc(OC(F)F)cc2)C1=O. The van der Waals surface area contributed by atoms with E-state index in [1.807, 2.05) is 6.92 Å². The number of carbonyl (C=O) groups is 2. The Labute approximate surface area is 127 Å². The van der Waals surface area contributed by atoms with Crippen molar-refractivity contribution in [3.05, 3.63) is 29.8 Å². The highest BCUT2D eigenvalue weighted by atomic mass is 19.3. The summed E-state index contributed by atoms with van der Waals surface area (Å²) in [6, 6.07) is 5.26. The third-order valence-corrected chi connectivity index (χ3v) is 3.67. The number of benzene rings is 1. The topological polar surface area (TPSA) is 58.6 Å². The lowest BCUT2D eigenvalue weighted by Crippen LogP contribution is -2.41. The van der Waals surface area contributed by atoms with Crippen LogP contribution in [-0.2, 0) is 10.3 Å². The van der Waals surface area contributed by atoms with Gasteiger partial charge in [-0.1, -0.05) is 25.5 Å². The molecule has 1 atom stereocenters. The highest BCUT2D eigenvalue weighted by Gasteiger charge is 2.48. The van der Waals surface area contributed by atoms with E-state index in [9.17, 15) is 18.4 Å². The first-order chi connectivity index (χ1) is 10.4. The van der Waals surface area contributed by atoms with Gasteiger partial charge in [-0.2, -0.15) is 8.78 Å². The number of rotatable bonds is 6. The number of hydrogen-bond donors (Lipinski definition) is 1. The molecule has 1 aliphatic rings. The van der Waals surface area contributed by atoms with Crippen LogP contribution in [-0.4, -0.2) is 30.0 Å². The Bertz CT molecular complexity index is 562. The van der Waals surface area contributed by atoms with Crippen LogP contribution in [0.3, 0.4) is 0 Å². The zero-order chi connectivity index (χ0) is 16.3. The molecule has 0 aliphatic carbocycles. The molecule has 0 aromatic heterocycles. The second-order valence-corrected chi connectivity index (χ2v) is 5.27. The number of halogens is 2. The molecule has 0 radical (unpaired) electrons. The average Bonchev–Trinajstić information content (AvgIpc) is 2.68. The molecule has 1 aromatic carbocycles. The summed E-state index contributed by atoms with van der Waals surface area (Å²) < 4.78 is 28.6. The fourth-order valence-electron chi connectivity index (χ4n) is 2.38. The number of unbranched alkanes of at least 4 members (excludes halogenated alkanes) is 1. The third-order valence-electron chi connectivity index (χ3n) is 3.67. The number of nitrogens with zero attached hydrogens (tertiary/aromatic N) is 1. The predicted octanol–water partition coefficient (Wildman–Crippen LogP) is 2.86. The van der Waals surface area contributed by atoms with Gasteiger partial charge in [0.2, 0.25) is 0 Å². The van der Waals surface area contributed by atoms with Crippen LogP contribution in [0.2, 0.25) is 0 Å². The van der Waals surface area contributed by atoms with Gasteiger partial charge in [-0.3, -0.25) is 9.69 Å². The van der Waals surface area contributed by atoms with E-state index in [4.69, 9.17) is 0 Å². The summed E-state index contributed by atoms with van der Waals surface area (Å²) in [5, 5.41) is 2.66. The lowest BCUT2D eigenvalue weighted by Gasteiger charge is -2.22. The number of imide groups is 1. The van der Waals surface area contributed by atoms with E-state index in [1.165, 1.54) is 29.2 Å². The van der Waals surface area contributed by atoms with Gasteiger partial charge in [0, 0.05) is 6.54 Å². The number of ether oxygens (including phenoxy) is 1. The Morgan fingerprint density at radius 3 is 2.45 bits per heavy atom. The van der Waals surface area contributed by atoms with E-state index in [0.717, 1.165) is 12.8 Å². The van der Waals surface area contributed by atoms with E-state index < -0.39 is 18.2 Å². The summed E-state index contributed by atoms with van der Waals surface area (Å²) in [7, 11) is 0. The zero-order valence-corrected chi connectivity index (χ0v) is 12.4. The number of amides is 3. The first-order valence-electron chi connectivity index (χ1n) is 7.08. The van der Waals surface area contributed by atoms with Gasteiger partial charge in [0.05, 0.1) is 0 Å². The zero-order valence-electron chi connectivity index (χ0n) is 12.4. The van der Waals surface area contributed by atoms with Crippen LogP contribution in [0.25, 0.3) is 0 Å². The first kappa shape index (κ1) is 16.2. The second-order valence-electron chi connectivity index (χ2n) is 5.27. The maximum Gasteiger partial charge on any atom is 0.387 e. The Morgan fingerprint density at radius 2 is 1.91 bits per heavy atom. The lowest BCUT2D eigenvalue weighted by molar-refractivity contribution is -0.131. The van der Waals surface area contributed by atoms with Crippen molar-refractivity contribution in [2.45, 2.75) is 38.8 Å². The molecule has 5 nitrogen and oxygen atoms in total. The molecule has 0 spiro atoms. The molecule has 1 heterocycles. The van der Waals surface area contributed by atoms with Gasteiger partial charge in [-0.05, 0) is 31.0 Å². The number of carbonyl (C=O) groups excluding carboxylic acids is 2. The molecule has 7 heteroatoms. The fraction of sp³-hybridized carbons (Fsp3) is 0.467. The van der Waals surface area contributed by atoms with Gasteiger partial charge in [-0.25, -0.2) is 4.79 Å². The van der Waals surface area contributed by atoms with E-state index in [1.54, 1.807) is 6.92 Å². The van der Waals surface area contributed by atoms with Crippen molar-refractivity contribution in [1.29, 1.82) is 0 Å². The van der Waals surface area contributed by atoms with Crippen molar-refractivity contribution in [2.24, 2.45) is 0 Å². The third kappa shape index (κ3) is 3.03. The monoisotopic (exact) mass is 312 g/mol. The molecule has 1 aromatic rings. The Kier molecular flexibility index (Phi) is 4.63. The van der Waals surface area contributed by atoms with E-state index in [2.05, 4.69) is 10.1 Å². The normalized spacial score (nSPS) is 21.4. The van der Waals surface area contributed by atoms with Gasteiger partial charge < -0.3 is 10.1 Å². The van der Waals surface area contributed by atoms with Crippen LogP contribution < -0.4 is 10.1 Å². The molecule has 1 N–H and O–H groups in total. The predicted molar refractivity (Wildman–Crippen MR) is 75.6 cm³/mol. The number of alkyl halides is 2. The molecule has 1 aliphatic heterocycles. The number of hydrogen-bond acceptors (Lipinski definition) is 3. The Morgan fingerprint density at radius 1 is 1.27 bits per heavy atom. The van der Waals surface area contributed by atoms with E-state index >= 15 is 0 Å². The average molecular weight is 312 g/mol. The lowest BCUT2D eigenvalue weighted by atomic mass is 9.92. The molecule has 1 fully saturated rings. The summed E-state index contributed by atoms with van der Waals surface area (Å²) in [5.41, 5.74) is -0.666. The maximum absolute atomic E-state index is 12.5. The Hall–Kier alpha value is -2.18. The molecular formula is C15H18F2N2O3. The van der Waals surface area contributed by atoms with Crippen molar-refractivity contribution in [3.63, 3.8) is 0 Å². The second kappa shape index (κ2) is 6.29. The van der Waals surface area contributed by atoms with Crippen molar-refractivity contribution < 1.29 is 23.1 Å². The number of nitrogens with one attached hydrogen (secondary N) is 1. The molecule has 120 valence electrons.